The lowest BCUT2D eigenvalue weighted by molar-refractivity contribution is -0.133. The molecule has 0 saturated carbocycles. The Kier molecular flexibility index (Phi) is 5.82. The van der Waals surface area contributed by atoms with Crippen LogP contribution in [0, 0.1) is 0 Å². The van der Waals surface area contributed by atoms with Gasteiger partial charge in [0.15, 0.2) is 5.13 Å². The summed E-state index contributed by atoms with van der Waals surface area (Å²) < 4.78 is 0. The van der Waals surface area contributed by atoms with Gasteiger partial charge in [0.25, 0.3) is 0 Å². The van der Waals surface area contributed by atoms with Crippen molar-refractivity contribution in [2.45, 2.75) is 77.2 Å². The van der Waals surface area contributed by atoms with Crippen LogP contribution < -0.4 is 10.2 Å². The van der Waals surface area contributed by atoms with E-state index in [4.69, 9.17) is 9.97 Å². The van der Waals surface area contributed by atoms with Crippen LogP contribution in [0.25, 0.3) is 0 Å². The minimum atomic E-state index is -0.127. The molecular formula is C23H32N6OS. The molecule has 1 amide bonds. The normalized spacial score (nSPS) is 21.1. The zero-order valence-electron chi connectivity index (χ0n) is 18.6. The van der Waals surface area contributed by atoms with Crippen LogP contribution in [-0.2, 0) is 17.6 Å². The van der Waals surface area contributed by atoms with Gasteiger partial charge in [-0.3, -0.25) is 4.79 Å². The highest BCUT2D eigenvalue weighted by Gasteiger charge is 2.36. The number of rotatable bonds is 5. The molecule has 0 unspecified atom stereocenters. The summed E-state index contributed by atoms with van der Waals surface area (Å²) >= 11 is 1.69. The summed E-state index contributed by atoms with van der Waals surface area (Å²) in [5.74, 6) is 2.30. The van der Waals surface area contributed by atoms with Crippen molar-refractivity contribution in [2.24, 2.45) is 0 Å². The van der Waals surface area contributed by atoms with Crippen molar-refractivity contribution in [1.29, 1.82) is 0 Å². The maximum absolute atomic E-state index is 13.3. The number of aromatic nitrogens is 3. The van der Waals surface area contributed by atoms with Crippen LogP contribution in [0.1, 0.15) is 74.4 Å². The first kappa shape index (κ1) is 20.7. The lowest BCUT2D eigenvalue weighted by Crippen LogP contribution is -2.48. The Balaban J connectivity index is 1.42. The topological polar surface area (TPSA) is 74.2 Å². The van der Waals surface area contributed by atoms with Gasteiger partial charge in [0.1, 0.15) is 11.9 Å². The van der Waals surface area contributed by atoms with E-state index in [1.165, 1.54) is 16.9 Å². The summed E-state index contributed by atoms with van der Waals surface area (Å²) in [7, 11) is 0. The van der Waals surface area contributed by atoms with Crippen LogP contribution in [0.3, 0.4) is 0 Å². The number of amides is 1. The third kappa shape index (κ3) is 4.14. The number of fused-ring (bicyclic) bond motifs is 1. The number of hydrogen-bond acceptors (Lipinski definition) is 7. The summed E-state index contributed by atoms with van der Waals surface area (Å²) in [4.78, 5) is 33.2. The van der Waals surface area contributed by atoms with Crippen LogP contribution in [0.4, 0.5) is 16.9 Å². The van der Waals surface area contributed by atoms with Crippen LogP contribution in [0.2, 0.25) is 0 Å². The Hall–Kier alpha value is -2.22. The summed E-state index contributed by atoms with van der Waals surface area (Å²) in [6, 6.07) is -0.127. The Morgan fingerprint density at radius 3 is 2.71 bits per heavy atom. The largest absolute Gasteiger partial charge is 0.341 e. The van der Waals surface area contributed by atoms with Gasteiger partial charge in [-0.2, -0.15) is 4.98 Å². The molecule has 4 heterocycles. The van der Waals surface area contributed by atoms with Gasteiger partial charge < -0.3 is 15.1 Å². The zero-order chi connectivity index (χ0) is 21.4. The third-order valence-corrected chi connectivity index (χ3v) is 7.92. The number of nitrogens with zero attached hydrogens (tertiary/aromatic N) is 5. The molecule has 2 aliphatic heterocycles. The number of anilines is 3. The van der Waals surface area contributed by atoms with E-state index in [-0.39, 0.29) is 11.9 Å². The molecule has 31 heavy (non-hydrogen) atoms. The minimum absolute atomic E-state index is 0.127. The third-order valence-electron chi connectivity index (χ3n) is 6.70. The second-order valence-corrected chi connectivity index (χ2v) is 10.3. The molecule has 2 aromatic heterocycles. The molecule has 7 nitrogen and oxygen atoms in total. The Bertz CT molecular complexity index is 952. The first-order valence-corrected chi connectivity index (χ1v) is 12.6. The number of nitrogens with one attached hydrogen (secondary N) is 1. The predicted molar refractivity (Wildman–Crippen MR) is 124 cm³/mol. The molecule has 0 radical (unpaired) electrons. The lowest BCUT2D eigenvalue weighted by atomic mass is 10.1. The molecule has 1 atom stereocenters. The van der Waals surface area contributed by atoms with Gasteiger partial charge in [0, 0.05) is 36.3 Å². The first-order chi connectivity index (χ1) is 15.1. The Morgan fingerprint density at radius 1 is 1.10 bits per heavy atom. The van der Waals surface area contributed by atoms with Crippen LogP contribution in [0.5, 0.6) is 0 Å². The summed E-state index contributed by atoms with van der Waals surface area (Å²) in [5.41, 5.74) is 2.34. The quantitative estimate of drug-likeness (QED) is 0.748. The maximum Gasteiger partial charge on any atom is 0.245 e. The van der Waals surface area contributed by atoms with E-state index < -0.39 is 0 Å². The van der Waals surface area contributed by atoms with Crippen molar-refractivity contribution in [3.8, 4) is 0 Å². The van der Waals surface area contributed by atoms with E-state index in [0.29, 0.717) is 11.9 Å². The summed E-state index contributed by atoms with van der Waals surface area (Å²) in [6.45, 7) is 7.00. The molecule has 1 N–H and O–H groups in total. The number of carbonyl (C=O) groups excluding carboxylic acids is 1. The highest BCUT2D eigenvalue weighted by atomic mass is 32.1. The summed E-state index contributed by atoms with van der Waals surface area (Å²) in [6.07, 6.45) is 10.4. The first-order valence-electron chi connectivity index (χ1n) is 11.8. The average molecular weight is 441 g/mol. The van der Waals surface area contributed by atoms with Crippen molar-refractivity contribution in [2.75, 3.05) is 29.9 Å². The van der Waals surface area contributed by atoms with E-state index in [1.54, 1.807) is 11.3 Å². The number of hydrogen-bond donors (Lipinski definition) is 1. The molecule has 166 valence electrons. The van der Waals surface area contributed by atoms with E-state index in [1.807, 2.05) is 6.20 Å². The highest BCUT2D eigenvalue weighted by Crippen LogP contribution is 2.34. The van der Waals surface area contributed by atoms with E-state index in [9.17, 15) is 4.79 Å². The monoisotopic (exact) mass is 440 g/mol. The van der Waals surface area contributed by atoms with Crippen LogP contribution in [0.15, 0.2) is 6.20 Å². The van der Waals surface area contributed by atoms with Gasteiger partial charge in [-0.1, -0.05) is 13.8 Å². The molecule has 3 aliphatic rings. The number of likely N-dealkylation sites (tertiary alicyclic amines) is 1. The number of aryl methyl sites for hydroxylation is 1. The zero-order valence-corrected chi connectivity index (χ0v) is 19.4. The second kappa shape index (κ2) is 8.73. The molecule has 0 aromatic carbocycles. The second-order valence-electron chi connectivity index (χ2n) is 9.24. The fourth-order valence-corrected chi connectivity index (χ4v) is 5.77. The molecule has 0 bridgehead atoms. The Morgan fingerprint density at radius 2 is 1.94 bits per heavy atom. The average Bonchev–Trinajstić information content (AvgIpc) is 3.53. The highest BCUT2D eigenvalue weighted by molar-refractivity contribution is 7.15. The van der Waals surface area contributed by atoms with Crippen molar-refractivity contribution in [3.63, 3.8) is 0 Å². The smallest absolute Gasteiger partial charge is 0.245 e. The molecule has 0 spiro atoms. The standard InChI is InChI=1S/C23H32N6OS/c1-15(2)19-14-24-23(31-19)27-20-16-8-6-9-17(16)25-22(26-20)29-13-7-10-18(29)21(30)28-11-4-3-5-12-28/h14-15,18H,3-13H2,1-2H3,(H,24,25,26,27)/t18-/m0/s1. The fourth-order valence-electron chi connectivity index (χ4n) is 4.95. The van der Waals surface area contributed by atoms with E-state index in [2.05, 4.69) is 33.9 Å². The van der Waals surface area contributed by atoms with E-state index in [0.717, 1.165) is 81.2 Å². The van der Waals surface area contributed by atoms with Gasteiger partial charge in [0.05, 0.1) is 5.69 Å². The summed E-state index contributed by atoms with van der Waals surface area (Å²) in [5, 5.41) is 4.36. The van der Waals surface area contributed by atoms with Gasteiger partial charge in [-0.25, -0.2) is 9.97 Å². The van der Waals surface area contributed by atoms with Gasteiger partial charge >= 0.3 is 0 Å². The maximum atomic E-state index is 13.3. The van der Waals surface area contributed by atoms with Crippen molar-refractivity contribution in [3.05, 3.63) is 22.3 Å². The minimum Gasteiger partial charge on any atom is -0.341 e. The predicted octanol–water partition coefficient (Wildman–Crippen LogP) is 4.27. The molecule has 2 aromatic rings. The molecule has 2 saturated heterocycles. The number of carbonyl (C=O) groups is 1. The van der Waals surface area contributed by atoms with Gasteiger partial charge in [-0.05, 0) is 57.3 Å². The molecule has 5 rings (SSSR count). The van der Waals surface area contributed by atoms with Crippen molar-refractivity contribution in [1.82, 2.24) is 19.9 Å². The molecule has 2 fully saturated rings. The number of piperidine rings is 1. The van der Waals surface area contributed by atoms with Crippen molar-refractivity contribution < 1.29 is 4.79 Å². The number of thiazole rings is 1. The SMILES string of the molecule is CC(C)c1cnc(Nc2nc(N3CCC[C@H]3C(=O)N3CCCCC3)nc3c2CCC3)s1. The van der Waals surface area contributed by atoms with Crippen LogP contribution in [-0.4, -0.2) is 51.4 Å². The van der Waals surface area contributed by atoms with Crippen molar-refractivity contribution >= 4 is 34.1 Å². The fraction of sp³-hybridized carbons (Fsp3) is 0.652. The molecular weight excluding hydrogens is 408 g/mol. The van der Waals surface area contributed by atoms with Crippen LogP contribution >= 0.6 is 11.3 Å². The van der Waals surface area contributed by atoms with Gasteiger partial charge in [0.2, 0.25) is 11.9 Å². The van der Waals surface area contributed by atoms with Gasteiger partial charge in [-0.15, -0.1) is 11.3 Å². The molecule has 8 heteroatoms. The van der Waals surface area contributed by atoms with E-state index >= 15 is 0 Å². The lowest BCUT2D eigenvalue weighted by Gasteiger charge is -2.32. The Labute approximate surface area is 188 Å². The molecule has 1 aliphatic carbocycles.